The summed E-state index contributed by atoms with van der Waals surface area (Å²) in [6, 6.07) is 5.47. The van der Waals surface area contributed by atoms with Gasteiger partial charge in [-0.3, -0.25) is 0 Å². The van der Waals surface area contributed by atoms with E-state index in [1.54, 1.807) is 27.4 Å². The second-order valence-corrected chi connectivity index (χ2v) is 4.25. The molecule has 1 aromatic carbocycles. The van der Waals surface area contributed by atoms with E-state index in [2.05, 4.69) is 15.5 Å². The van der Waals surface area contributed by atoms with Gasteiger partial charge >= 0.3 is 0 Å². The Morgan fingerprint density at radius 3 is 2.67 bits per heavy atom. The van der Waals surface area contributed by atoms with E-state index < -0.39 is 0 Å². The van der Waals surface area contributed by atoms with E-state index in [-0.39, 0.29) is 0 Å². The topological polar surface area (TPSA) is 78.6 Å². The lowest BCUT2D eigenvalue weighted by Crippen LogP contribution is -2.18. The summed E-state index contributed by atoms with van der Waals surface area (Å²) in [7, 11) is 4.84. The highest BCUT2D eigenvalue weighted by Crippen LogP contribution is 2.31. The average Bonchev–Trinajstić information content (AvgIpc) is 2.99. The molecular weight excluding hydrogens is 274 g/mol. The van der Waals surface area contributed by atoms with Gasteiger partial charge in [0.1, 0.15) is 0 Å². The van der Waals surface area contributed by atoms with Crippen LogP contribution in [0.3, 0.4) is 0 Å². The molecule has 0 unspecified atom stereocenters. The Labute approximate surface area is 123 Å². The van der Waals surface area contributed by atoms with Crippen molar-refractivity contribution in [3.05, 3.63) is 24.1 Å². The fourth-order valence-corrected chi connectivity index (χ4v) is 1.79. The molecule has 2 aromatic rings. The molecule has 0 radical (unpaired) electrons. The van der Waals surface area contributed by atoms with Crippen LogP contribution in [0.1, 0.15) is 5.89 Å². The van der Waals surface area contributed by atoms with Gasteiger partial charge in [-0.05, 0) is 18.2 Å². The van der Waals surface area contributed by atoms with Crippen molar-refractivity contribution in [2.24, 2.45) is 0 Å². The van der Waals surface area contributed by atoms with Crippen LogP contribution in [-0.2, 0) is 11.3 Å². The van der Waals surface area contributed by atoms with Crippen LogP contribution in [0.4, 0.5) is 0 Å². The first kappa shape index (κ1) is 15.3. The second-order valence-electron chi connectivity index (χ2n) is 4.25. The average molecular weight is 293 g/mol. The third-order valence-corrected chi connectivity index (χ3v) is 2.87. The number of rotatable bonds is 8. The van der Waals surface area contributed by atoms with E-state index >= 15 is 0 Å². The zero-order valence-electron chi connectivity index (χ0n) is 12.4. The summed E-state index contributed by atoms with van der Waals surface area (Å²) in [4.78, 5) is 4.33. The van der Waals surface area contributed by atoms with Crippen LogP contribution >= 0.6 is 0 Å². The van der Waals surface area contributed by atoms with Crippen LogP contribution in [0.2, 0.25) is 0 Å². The highest BCUT2D eigenvalue weighted by atomic mass is 16.5. The first-order chi connectivity index (χ1) is 10.3. The summed E-state index contributed by atoms with van der Waals surface area (Å²) < 4.78 is 20.6. The van der Waals surface area contributed by atoms with Crippen LogP contribution in [0.5, 0.6) is 11.5 Å². The quantitative estimate of drug-likeness (QED) is 0.739. The molecule has 0 fully saturated rings. The standard InChI is InChI=1S/C14H19N3O4/c1-18-7-6-15-9-13-16-14(17-21-13)10-4-5-11(19-2)12(8-10)20-3/h4-5,8,15H,6-7,9H2,1-3H3. The molecule has 1 N–H and O–H groups in total. The van der Waals surface area contributed by atoms with Crippen molar-refractivity contribution in [1.82, 2.24) is 15.5 Å². The van der Waals surface area contributed by atoms with E-state index in [9.17, 15) is 0 Å². The molecule has 7 heteroatoms. The van der Waals surface area contributed by atoms with E-state index in [4.69, 9.17) is 18.7 Å². The van der Waals surface area contributed by atoms with E-state index in [0.29, 0.717) is 36.4 Å². The van der Waals surface area contributed by atoms with Gasteiger partial charge in [-0.15, -0.1) is 0 Å². The van der Waals surface area contributed by atoms with Gasteiger partial charge in [-0.25, -0.2) is 0 Å². The predicted octanol–water partition coefficient (Wildman–Crippen LogP) is 1.49. The molecule has 0 spiro atoms. The number of ether oxygens (including phenoxy) is 3. The zero-order valence-corrected chi connectivity index (χ0v) is 12.4. The fraction of sp³-hybridized carbons (Fsp3) is 0.429. The van der Waals surface area contributed by atoms with E-state index in [1.807, 2.05) is 12.1 Å². The maximum Gasteiger partial charge on any atom is 0.240 e. The molecule has 0 saturated heterocycles. The Morgan fingerprint density at radius 1 is 1.14 bits per heavy atom. The Morgan fingerprint density at radius 2 is 1.95 bits per heavy atom. The van der Waals surface area contributed by atoms with E-state index in [0.717, 1.165) is 12.1 Å². The zero-order chi connectivity index (χ0) is 15.1. The van der Waals surface area contributed by atoms with Crippen LogP contribution in [0.15, 0.2) is 22.7 Å². The largest absolute Gasteiger partial charge is 0.493 e. The van der Waals surface area contributed by atoms with Gasteiger partial charge in [0.25, 0.3) is 0 Å². The summed E-state index contributed by atoms with van der Waals surface area (Å²) in [5.74, 6) is 2.32. The molecule has 0 aliphatic carbocycles. The molecule has 0 amide bonds. The minimum absolute atomic E-state index is 0.504. The van der Waals surface area contributed by atoms with Gasteiger partial charge in [0.2, 0.25) is 11.7 Å². The smallest absolute Gasteiger partial charge is 0.240 e. The predicted molar refractivity (Wildman–Crippen MR) is 76.4 cm³/mol. The molecule has 0 atom stereocenters. The van der Waals surface area contributed by atoms with Crippen LogP contribution < -0.4 is 14.8 Å². The summed E-state index contributed by atoms with van der Waals surface area (Å²) in [6.45, 7) is 1.87. The molecule has 2 rings (SSSR count). The number of aromatic nitrogens is 2. The minimum atomic E-state index is 0.504. The number of methoxy groups -OCH3 is 3. The number of nitrogens with zero attached hydrogens (tertiary/aromatic N) is 2. The second kappa shape index (κ2) is 7.61. The number of benzene rings is 1. The molecule has 0 aliphatic rings. The number of nitrogens with one attached hydrogen (secondary N) is 1. The summed E-state index contributed by atoms with van der Waals surface area (Å²) in [6.07, 6.45) is 0. The van der Waals surface area contributed by atoms with Gasteiger partial charge in [0, 0.05) is 19.2 Å². The molecule has 0 aliphatic heterocycles. The third kappa shape index (κ3) is 3.93. The van der Waals surface area contributed by atoms with Gasteiger partial charge in [-0.1, -0.05) is 5.16 Å². The fourth-order valence-electron chi connectivity index (χ4n) is 1.79. The van der Waals surface area contributed by atoms with Crippen molar-refractivity contribution >= 4 is 0 Å². The van der Waals surface area contributed by atoms with Crippen LogP contribution in [0.25, 0.3) is 11.4 Å². The van der Waals surface area contributed by atoms with Crippen molar-refractivity contribution in [1.29, 1.82) is 0 Å². The maximum atomic E-state index is 5.26. The highest BCUT2D eigenvalue weighted by Gasteiger charge is 2.11. The van der Waals surface area contributed by atoms with Crippen LogP contribution in [-0.4, -0.2) is 44.6 Å². The summed E-state index contributed by atoms with van der Waals surface area (Å²) in [5, 5.41) is 7.10. The molecule has 21 heavy (non-hydrogen) atoms. The van der Waals surface area contributed by atoms with Crippen molar-refractivity contribution in [2.75, 3.05) is 34.5 Å². The number of hydrogen-bond acceptors (Lipinski definition) is 7. The van der Waals surface area contributed by atoms with Crippen LogP contribution in [0, 0.1) is 0 Å². The Balaban J connectivity index is 2.06. The lowest BCUT2D eigenvalue weighted by atomic mass is 10.2. The van der Waals surface area contributed by atoms with Crippen molar-refractivity contribution in [2.45, 2.75) is 6.54 Å². The summed E-state index contributed by atoms with van der Waals surface area (Å²) in [5.41, 5.74) is 0.805. The van der Waals surface area contributed by atoms with Crippen molar-refractivity contribution < 1.29 is 18.7 Å². The van der Waals surface area contributed by atoms with Crippen molar-refractivity contribution in [3.63, 3.8) is 0 Å². The Bertz CT molecular complexity index is 571. The Hall–Kier alpha value is -2.12. The first-order valence-electron chi connectivity index (χ1n) is 6.53. The normalized spacial score (nSPS) is 10.6. The molecule has 114 valence electrons. The highest BCUT2D eigenvalue weighted by molar-refractivity contribution is 5.60. The maximum absolute atomic E-state index is 5.26. The van der Waals surface area contributed by atoms with Gasteiger partial charge in [0.05, 0.1) is 27.4 Å². The Kier molecular flexibility index (Phi) is 5.53. The molecular formula is C14H19N3O4. The SMILES string of the molecule is COCCNCc1nc(-c2ccc(OC)c(OC)c2)no1. The van der Waals surface area contributed by atoms with Gasteiger partial charge in [-0.2, -0.15) is 4.98 Å². The molecule has 1 heterocycles. The molecule has 0 saturated carbocycles. The first-order valence-corrected chi connectivity index (χ1v) is 6.53. The van der Waals surface area contributed by atoms with E-state index in [1.165, 1.54) is 0 Å². The molecule has 1 aromatic heterocycles. The third-order valence-electron chi connectivity index (χ3n) is 2.87. The van der Waals surface area contributed by atoms with Gasteiger partial charge in [0.15, 0.2) is 11.5 Å². The summed E-state index contributed by atoms with van der Waals surface area (Å²) >= 11 is 0. The molecule has 7 nitrogen and oxygen atoms in total. The lowest BCUT2D eigenvalue weighted by molar-refractivity contribution is 0.197. The minimum Gasteiger partial charge on any atom is -0.493 e. The monoisotopic (exact) mass is 293 g/mol. The lowest BCUT2D eigenvalue weighted by Gasteiger charge is -2.07. The number of hydrogen-bond donors (Lipinski definition) is 1. The van der Waals surface area contributed by atoms with Crippen molar-refractivity contribution in [3.8, 4) is 22.9 Å². The van der Waals surface area contributed by atoms with Gasteiger partial charge < -0.3 is 24.1 Å². The molecule has 0 bridgehead atoms.